The van der Waals surface area contributed by atoms with Crippen LogP contribution in [-0.4, -0.2) is 33.0 Å². The van der Waals surface area contributed by atoms with Gasteiger partial charge in [-0.3, -0.25) is 9.00 Å². The van der Waals surface area contributed by atoms with Crippen molar-refractivity contribution in [1.82, 2.24) is 5.32 Å². The van der Waals surface area contributed by atoms with Gasteiger partial charge in [-0.25, -0.2) is 0 Å². The first kappa shape index (κ1) is 22.0. The summed E-state index contributed by atoms with van der Waals surface area (Å²) in [6, 6.07) is 20.1. The zero-order chi connectivity index (χ0) is 19.2. The standard InChI is InChI=1S/C12H17NO3S.C8H11N/c1-10(17(15)16)9-12(14)13-8-7-11-5-3-2-4-6-11;9-7-6-8-4-2-1-3-5-8/h2-6,10H,7-9H2,1H3,(H,13,14)(H,15,16);1-5H,6-7,9H2/p-1. The number of nitrogens with two attached hydrogens (primary N) is 1. The van der Waals surface area contributed by atoms with Crippen molar-refractivity contribution in [3.8, 4) is 0 Å². The quantitative estimate of drug-likeness (QED) is 0.692. The normalized spacial score (nSPS) is 12.4. The van der Waals surface area contributed by atoms with Crippen molar-refractivity contribution >= 4 is 17.0 Å². The van der Waals surface area contributed by atoms with Crippen LogP contribution in [0.3, 0.4) is 0 Å². The van der Waals surface area contributed by atoms with Gasteiger partial charge in [0.05, 0.1) is 0 Å². The van der Waals surface area contributed by atoms with Gasteiger partial charge < -0.3 is 15.6 Å². The molecule has 0 bridgehead atoms. The molecule has 0 saturated heterocycles. The molecule has 0 spiro atoms. The molecule has 2 rings (SSSR count). The molecule has 0 aliphatic carbocycles. The number of hydrogen-bond acceptors (Lipinski definition) is 4. The fraction of sp³-hybridized carbons (Fsp3) is 0.350. The van der Waals surface area contributed by atoms with Gasteiger partial charge in [0.1, 0.15) is 0 Å². The minimum Gasteiger partial charge on any atom is -0.772 e. The zero-order valence-corrected chi connectivity index (χ0v) is 15.9. The molecule has 142 valence electrons. The lowest BCUT2D eigenvalue weighted by molar-refractivity contribution is -0.121. The Bertz CT molecular complexity index is 651. The largest absolute Gasteiger partial charge is 0.772 e. The van der Waals surface area contributed by atoms with Crippen LogP contribution in [0.1, 0.15) is 24.5 Å². The highest BCUT2D eigenvalue weighted by molar-refractivity contribution is 7.79. The summed E-state index contributed by atoms with van der Waals surface area (Å²) >= 11 is -2.18. The van der Waals surface area contributed by atoms with Crippen LogP contribution in [0.5, 0.6) is 0 Å². The number of amides is 1. The van der Waals surface area contributed by atoms with Crippen molar-refractivity contribution in [2.45, 2.75) is 31.4 Å². The van der Waals surface area contributed by atoms with Gasteiger partial charge in [0.25, 0.3) is 0 Å². The molecule has 3 N–H and O–H groups in total. The average molecular weight is 376 g/mol. The van der Waals surface area contributed by atoms with Crippen molar-refractivity contribution in [1.29, 1.82) is 0 Å². The van der Waals surface area contributed by atoms with Crippen LogP contribution in [0.4, 0.5) is 0 Å². The van der Waals surface area contributed by atoms with Crippen molar-refractivity contribution in [3.63, 3.8) is 0 Å². The lowest BCUT2D eigenvalue weighted by Gasteiger charge is -2.14. The van der Waals surface area contributed by atoms with Crippen LogP contribution in [0.25, 0.3) is 0 Å². The van der Waals surface area contributed by atoms with Crippen molar-refractivity contribution in [3.05, 3.63) is 71.8 Å². The lowest BCUT2D eigenvalue weighted by Crippen LogP contribution is -2.29. The smallest absolute Gasteiger partial charge is 0.221 e. The SMILES string of the molecule is CC(CC(=O)NCCc1ccccc1)S(=O)[O-].NCCc1ccccc1. The molecule has 0 fully saturated rings. The number of carbonyl (C=O) groups is 1. The Balaban J connectivity index is 0.000000314. The van der Waals surface area contributed by atoms with E-state index >= 15 is 0 Å². The van der Waals surface area contributed by atoms with E-state index in [1.807, 2.05) is 48.5 Å². The monoisotopic (exact) mass is 375 g/mol. The summed E-state index contributed by atoms with van der Waals surface area (Å²) in [4.78, 5) is 11.4. The third-order valence-corrected chi connectivity index (χ3v) is 4.48. The molecule has 1 amide bonds. The Kier molecular flexibility index (Phi) is 11.2. The summed E-state index contributed by atoms with van der Waals surface area (Å²) in [7, 11) is 0. The lowest BCUT2D eigenvalue weighted by atomic mass is 10.1. The van der Waals surface area contributed by atoms with E-state index in [2.05, 4.69) is 17.4 Å². The topological polar surface area (TPSA) is 95.2 Å². The van der Waals surface area contributed by atoms with Gasteiger partial charge in [0.2, 0.25) is 5.91 Å². The molecule has 2 aromatic rings. The highest BCUT2D eigenvalue weighted by atomic mass is 32.2. The summed E-state index contributed by atoms with van der Waals surface area (Å²) in [5.74, 6) is -0.224. The van der Waals surface area contributed by atoms with Crippen LogP contribution in [0.15, 0.2) is 60.7 Å². The van der Waals surface area contributed by atoms with Crippen molar-refractivity contribution < 1.29 is 13.6 Å². The predicted octanol–water partition coefficient (Wildman–Crippen LogP) is 2.19. The van der Waals surface area contributed by atoms with E-state index in [9.17, 15) is 13.6 Å². The molecular weight excluding hydrogens is 348 g/mol. The second-order valence-electron chi connectivity index (χ2n) is 5.89. The maximum Gasteiger partial charge on any atom is 0.221 e. The van der Waals surface area contributed by atoms with E-state index in [0.717, 1.165) is 24.9 Å². The van der Waals surface area contributed by atoms with Crippen LogP contribution in [-0.2, 0) is 28.7 Å². The molecule has 2 atom stereocenters. The molecule has 6 heteroatoms. The Morgan fingerprint density at radius 1 is 1.04 bits per heavy atom. The van der Waals surface area contributed by atoms with Crippen molar-refractivity contribution in [2.24, 2.45) is 5.73 Å². The Morgan fingerprint density at radius 2 is 1.54 bits per heavy atom. The van der Waals surface area contributed by atoms with E-state index in [4.69, 9.17) is 5.73 Å². The van der Waals surface area contributed by atoms with Gasteiger partial charge in [-0.05, 0) is 30.5 Å². The van der Waals surface area contributed by atoms with E-state index in [1.165, 1.54) is 12.5 Å². The molecule has 26 heavy (non-hydrogen) atoms. The molecule has 0 saturated carbocycles. The summed E-state index contributed by atoms with van der Waals surface area (Å²) in [6.45, 7) is 2.78. The fourth-order valence-corrected chi connectivity index (χ4v) is 2.49. The number of rotatable bonds is 8. The second-order valence-corrected chi connectivity index (χ2v) is 7.21. The van der Waals surface area contributed by atoms with Gasteiger partial charge in [-0.1, -0.05) is 78.7 Å². The minimum absolute atomic E-state index is 0.0188. The third-order valence-electron chi connectivity index (χ3n) is 3.66. The first-order valence-corrected chi connectivity index (χ1v) is 9.79. The Morgan fingerprint density at radius 3 is 2.00 bits per heavy atom. The van der Waals surface area contributed by atoms with E-state index in [0.29, 0.717) is 6.54 Å². The number of carbonyl (C=O) groups excluding carboxylic acids is 1. The third kappa shape index (κ3) is 10.1. The number of hydrogen-bond donors (Lipinski definition) is 2. The molecule has 0 heterocycles. The number of benzene rings is 2. The number of nitrogens with one attached hydrogen (secondary N) is 1. The summed E-state index contributed by atoms with van der Waals surface area (Å²) in [5.41, 5.74) is 7.83. The first-order chi connectivity index (χ1) is 12.5. The zero-order valence-electron chi connectivity index (χ0n) is 15.1. The van der Waals surface area contributed by atoms with Crippen molar-refractivity contribution in [2.75, 3.05) is 13.1 Å². The average Bonchev–Trinajstić information content (AvgIpc) is 2.64. The molecule has 2 aromatic carbocycles. The van der Waals surface area contributed by atoms with Gasteiger partial charge in [0, 0.05) is 18.2 Å². The fourth-order valence-electron chi connectivity index (χ4n) is 2.20. The summed E-state index contributed by atoms with van der Waals surface area (Å²) in [5, 5.41) is 2.07. The summed E-state index contributed by atoms with van der Waals surface area (Å²) in [6.07, 6.45) is 1.76. The van der Waals surface area contributed by atoms with Crippen LogP contribution >= 0.6 is 0 Å². The maximum absolute atomic E-state index is 11.4. The van der Waals surface area contributed by atoms with Crippen LogP contribution in [0, 0.1) is 0 Å². The highest BCUT2D eigenvalue weighted by Crippen LogP contribution is 2.00. The molecule has 0 radical (unpaired) electrons. The Labute approximate surface area is 158 Å². The van der Waals surface area contributed by atoms with Gasteiger partial charge in [0.15, 0.2) is 0 Å². The van der Waals surface area contributed by atoms with Gasteiger partial charge >= 0.3 is 0 Å². The highest BCUT2D eigenvalue weighted by Gasteiger charge is 2.08. The molecule has 5 nitrogen and oxygen atoms in total. The predicted molar refractivity (Wildman–Crippen MR) is 105 cm³/mol. The minimum atomic E-state index is -2.18. The molecule has 0 aliphatic rings. The molecule has 0 aliphatic heterocycles. The molecular formula is C20H27N2O3S-. The van der Waals surface area contributed by atoms with Gasteiger partial charge in [-0.2, -0.15) is 0 Å². The molecule has 2 unspecified atom stereocenters. The molecule has 0 aromatic heterocycles. The summed E-state index contributed by atoms with van der Waals surface area (Å²) < 4.78 is 21.1. The van der Waals surface area contributed by atoms with E-state index in [1.54, 1.807) is 0 Å². The first-order valence-electron chi connectivity index (χ1n) is 8.65. The van der Waals surface area contributed by atoms with E-state index < -0.39 is 16.3 Å². The second kappa shape index (κ2) is 13.2. The maximum atomic E-state index is 11.4. The Hall–Kier alpha value is -2.02. The van der Waals surface area contributed by atoms with Crippen LogP contribution in [0.2, 0.25) is 0 Å². The van der Waals surface area contributed by atoms with Crippen LogP contribution < -0.4 is 11.1 Å². The van der Waals surface area contributed by atoms with Gasteiger partial charge in [-0.15, -0.1) is 0 Å². The van der Waals surface area contributed by atoms with E-state index in [-0.39, 0.29) is 12.3 Å².